The van der Waals surface area contributed by atoms with E-state index in [1.165, 1.54) is 31.4 Å². The first-order valence-electron chi connectivity index (χ1n) is 6.06. The van der Waals surface area contributed by atoms with Crippen molar-refractivity contribution in [3.63, 3.8) is 0 Å². The molecule has 1 heterocycles. The van der Waals surface area contributed by atoms with Crippen LogP contribution in [0.15, 0.2) is 29.2 Å². The lowest BCUT2D eigenvalue weighted by molar-refractivity contribution is -0.141. The van der Waals surface area contributed by atoms with Crippen molar-refractivity contribution in [2.24, 2.45) is 0 Å². The van der Waals surface area contributed by atoms with E-state index in [-0.39, 0.29) is 30.4 Å². The van der Waals surface area contributed by atoms with Crippen LogP contribution < -0.4 is 10.1 Å². The molecule has 1 atom stereocenters. The summed E-state index contributed by atoms with van der Waals surface area (Å²) in [5.74, 6) is -0.617. The Labute approximate surface area is 129 Å². The smallest absolute Gasteiger partial charge is 0.323 e. The summed E-state index contributed by atoms with van der Waals surface area (Å²) in [6.07, 6.45) is 0. The summed E-state index contributed by atoms with van der Waals surface area (Å²) >= 11 is 0. The molecule has 21 heavy (non-hydrogen) atoms. The number of carboxylic acids is 1. The van der Waals surface area contributed by atoms with Gasteiger partial charge in [-0.3, -0.25) is 4.79 Å². The molecule has 1 aromatic rings. The largest absolute Gasteiger partial charge is 0.497 e. The molecule has 1 aliphatic heterocycles. The van der Waals surface area contributed by atoms with Crippen LogP contribution in [0.25, 0.3) is 0 Å². The molecular formula is C12H17ClN2O5S. The Balaban J connectivity index is 0.00000220. The Morgan fingerprint density at radius 1 is 1.38 bits per heavy atom. The number of hydrogen-bond donors (Lipinski definition) is 2. The summed E-state index contributed by atoms with van der Waals surface area (Å²) in [7, 11) is -2.34. The van der Waals surface area contributed by atoms with Gasteiger partial charge in [0, 0.05) is 19.6 Å². The van der Waals surface area contributed by atoms with Crippen LogP contribution in [0.5, 0.6) is 5.75 Å². The predicted molar refractivity (Wildman–Crippen MR) is 78.4 cm³/mol. The minimum atomic E-state index is -3.82. The van der Waals surface area contributed by atoms with Gasteiger partial charge in [0.1, 0.15) is 11.8 Å². The summed E-state index contributed by atoms with van der Waals surface area (Å²) < 4.78 is 31.0. The normalized spacial score (nSPS) is 19.6. The SMILES string of the molecule is COc1ccc(S(=O)(=O)N2CCNCC2C(=O)O)cc1.Cl. The Hall–Kier alpha value is -1.35. The fraction of sp³-hybridized carbons (Fsp3) is 0.417. The number of benzene rings is 1. The van der Waals surface area contributed by atoms with E-state index in [1.54, 1.807) is 0 Å². The van der Waals surface area contributed by atoms with Crippen molar-refractivity contribution in [3.8, 4) is 5.75 Å². The number of nitrogens with zero attached hydrogens (tertiary/aromatic N) is 1. The third kappa shape index (κ3) is 3.65. The van der Waals surface area contributed by atoms with Crippen LogP contribution in [0.3, 0.4) is 0 Å². The molecule has 1 fully saturated rings. The van der Waals surface area contributed by atoms with Crippen molar-refractivity contribution in [2.45, 2.75) is 10.9 Å². The van der Waals surface area contributed by atoms with Gasteiger partial charge in [-0.05, 0) is 24.3 Å². The maximum atomic E-state index is 12.5. The number of carbonyl (C=O) groups is 1. The van der Waals surface area contributed by atoms with E-state index in [0.29, 0.717) is 12.3 Å². The molecule has 1 unspecified atom stereocenters. The highest BCUT2D eigenvalue weighted by Gasteiger charge is 2.37. The van der Waals surface area contributed by atoms with Gasteiger partial charge in [-0.1, -0.05) is 0 Å². The Morgan fingerprint density at radius 3 is 2.52 bits per heavy atom. The zero-order valence-electron chi connectivity index (χ0n) is 11.4. The zero-order valence-corrected chi connectivity index (χ0v) is 13.0. The molecule has 0 amide bonds. The highest BCUT2D eigenvalue weighted by molar-refractivity contribution is 7.89. The molecule has 1 aliphatic rings. The van der Waals surface area contributed by atoms with Crippen LogP contribution in [-0.2, 0) is 14.8 Å². The monoisotopic (exact) mass is 336 g/mol. The molecule has 1 aromatic carbocycles. The number of methoxy groups -OCH3 is 1. The molecule has 0 spiro atoms. The standard InChI is InChI=1S/C12H16N2O5S.ClH/c1-19-9-2-4-10(5-3-9)20(17,18)14-7-6-13-8-11(14)12(15)16;/h2-5,11,13H,6-8H2,1H3,(H,15,16);1H. The molecule has 0 saturated carbocycles. The Kier molecular flexibility index (Phi) is 5.97. The second-order valence-corrected chi connectivity index (χ2v) is 6.24. The van der Waals surface area contributed by atoms with Crippen molar-refractivity contribution in [2.75, 3.05) is 26.7 Å². The number of carboxylic acid groups (broad SMARTS) is 1. The fourth-order valence-electron chi connectivity index (χ4n) is 2.07. The number of ether oxygens (including phenoxy) is 1. The van der Waals surface area contributed by atoms with Gasteiger partial charge in [-0.15, -0.1) is 12.4 Å². The summed E-state index contributed by atoms with van der Waals surface area (Å²) in [4.78, 5) is 11.2. The molecule has 0 aliphatic carbocycles. The molecule has 0 bridgehead atoms. The van der Waals surface area contributed by atoms with Gasteiger partial charge in [-0.2, -0.15) is 4.31 Å². The second-order valence-electron chi connectivity index (χ2n) is 4.35. The van der Waals surface area contributed by atoms with Crippen LogP contribution in [-0.4, -0.2) is 56.6 Å². The molecule has 1 saturated heterocycles. The maximum absolute atomic E-state index is 12.5. The van der Waals surface area contributed by atoms with E-state index < -0.39 is 22.0 Å². The number of hydrogen-bond acceptors (Lipinski definition) is 5. The quantitative estimate of drug-likeness (QED) is 0.813. The van der Waals surface area contributed by atoms with Gasteiger partial charge in [0.15, 0.2) is 0 Å². The lowest BCUT2D eigenvalue weighted by Crippen LogP contribution is -2.56. The summed E-state index contributed by atoms with van der Waals surface area (Å²) in [6, 6.07) is 4.80. The van der Waals surface area contributed by atoms with Crippen molar-refractivity contribution in [1.29, 1.82) is 0 Å². The highest BCUT2D eigenvalue weighted by Crippen LogP contribution is 2.22. The molecule has 2 rings (SSSR count). The van der Waals surface area contributed by atoms with Crippen molar-refractivity contribution in [1.82, 2.24) is 9.62 Å². The Bertz CT molecular complexity index is 590. The first kappa shape index (κ1) is 17.7. The minimum Gasteiger partial charge on any atom is -0.497 e. The van der Waals surface area contributed by atoms with E-state index in [4.69, 9.17) is 9.84 Å². The van der Waals surface area contributed by atoms with E-state index in [0.717, 1.165) is 4.31 Å². The third-order valence-corrected chi connectivity index (χ3v) is 5.07. The number of aliphatic carboxylic acids is 1. The number of piperazine rings is 1. The average molecular weight is 337 g/mol. The molecule has 2 N–H and O–H groups in total. The highest BCUT2D eigenvalue weighted by atomic mass is 35.5. The summed E-state index contributed by atoms with van der Waals surface area (Å²) in [5.41, 5.74) is 0. The second kappa shape index (κ2) is 7.08. The maximum Gasteiger partial charge on any atom is 0.323 e. The topological polar surface area (TPSA) is 95.9 Å². The number of rotatable bonds is 4. The molecule has 9 heteroatoms. The minimum absolute atomic E-state index is 0. The van der Waals surface area contributed by atoms with Gasteiger partial charge in [0.2, 0.25) is 10.0 Å². The molecular weight excluding hydrogens is 320 g/mol. The molecule has 118 valence electrons. The number of nitrogens with one attached hydrogen (secondary N) is 1. The predicted octanol–water partition coefficient (Wildman–Crippen LogP) is 0.164. The first-order chi connectivity index (χ1) is 9.46. The van der Waals surface area contributed by atoms with Gasteiger partial charge in [0.25, 0.3) is 0 Å². The third-order valence-electron chi connectivity index (χ3n) is 3.15. The zero-order chi connectivity index (χ0) is 14.8. The van der Waals surface area contributed by atoms with Gasteiger partial charge < -0.3 is 15.2 Å². The van der Waals surface area contributed by atoms with E-state index >= 15 is 0 Å². The number of sulfonamides is 1. The Morgan fingerprint density at radius 2 is 2.00 bits per heavy atom. The van der Waals surface area contributed by atoms with E-state index in [2.05, 4.69) is 5.32 Å². The van der Waals surface area contributed by atoms with Crippen molar-refractivity contribution >= 4 is 28.4 Å². The lowest BCUT2D eigenvalue weighted by atomic mass is 10.2. The van der Waals surface area contributed by atoms with Crippen LogP contribution >= 0.6 is 12.4 Å². The summed E-state index contributed by atoms with van der Waals surface area (Å²) in [5, 5.41) is 12.0. The molecule has 7 nitrogen and oxygen atoms in total. The first-order valence-corrected chi connectivity index (χ1v) is 7.50. The van der Waals surface area contributed by atoms with Crippen LogP contribution in [0, 0.1) is 0 Å². The fourth-order valence-corrected chi connectivity index (χ4v) is 3.65. The van der Waals surface area contributed by atoms with Gasteiger partial charge in [0.05, 0.1) is 12.0 Å². The van der Waals surface area contributed by atoms with Gasteiger partial charge in [-0.25, -0.2) is 8.42 Å². The summed E-state index contributed by atoms with van der Waals surface area (Å²) in [6.45, 7) is 0.662. The van der Waals surface area contributed by atoms with E-state index in [9.17, 15) is 13.2 Å². The van der Waals surface area contributed by atoms with Crippen LogP contribution in [0.4, 0.5) is 0 Å². The van der Waals surface area contributed by atoms with E-state index in [1.807, 2.05) is 0 Å². The van der Waals surface area contributed by atoms with Crippen molar-refractivity contribution < 1.29 is 23.1 Å². The van der Waals surface area contributed by atoms with Crippen molar-refractivity contribution in [3.05, 3.63) is 24.3 Å². The van der Waals surface area contributed by atoms with Crippen LogP contribution in [0.2, 0.25) is 0 Å². The number of halogens is 1. The molecule has 0 radical (unpaired) electrons. The average Bonchev–Trinajstić information content (AvgIpc) is 2.47. The molecule has 0 aromatic heterocycles. The lowest BCUT2D eigenvalue weighted by Gasteiger charge is -2.32. The van der Waals surface area contributed by atoms with Gasteiger partial charge >= 0.3 is 5.97 Å². The van der Waals surface area contributed by atoms with Crippen LogP contribution in [0.1, 0.15) is 0 Å².